The Labute approximate surface area is 124 Å². The lowest BCUT2D eigenvalue weighted by atomic mass is 10.3. The van der Waals surface area contributed by atoms with E-state index < -0.39 is 9.84 Å². The Bertz CT molecular complexity index is 528. The first-order valence-corrected chi connectivity index (χ1v) is 9.33. The number of ether oxygens (including phenoxy) is 1. The van der Waals surface area contributed by atoms with Crippen molar-refractivity contribution in [3.8, 4) is 0 Å². The predicted molar refractivity (Wildman–Crippen MR) is 81.1 cm³/mol. The van der Waals surface area contributed by atoms with Crippen LogP contribution in [0.5, 0.6) is 0 Å². The third kappa shape index (κ3) is 3.91. The molecule has 1 fully saturated rings. The molecule has 6 nitrogen and oxygen atoms in total. The van der Waals surface area contributed by atoms with E-state index in [0.29, 0.717) is 19.7 Å². The van der Waals surface area contributed by atoms with Gasteiger partial charge in [-0.15, -0.1) is 11.3 Å². The van der Waals surface area contributed by atoms with Crippen molar-refractivity contribution in [3.63, 3.8) is 0 Å². The highest BCUT2D eigenvalue weighted by Crippen LogP contribution is 2.28. The summed E-state index contributed by atoms with van der Waals surface area (Å²) in [5.41, 5.74) is 0.946. The number of sulfone groups is 1. The van der Waals surface area contributed by atoms with Gasteiger partial charge in [0.2, 0.25) is 0 Å². The Balaban J connectivity index is 2.11. The van der Waals surface area contributed by atoms with Crippen molar-refractivity contribution in [3.05, 3.63) is 10.6 Å². The fourth-order valence-electron chi connectivity index (χ4n) is 2.03. The Kier molecular flexibility index (Phi) is 5.36. The lowest BCUT2D eigenvalue weighted by Crippen LogP contribution is -2.40. The van der Waals surface area contributed by atoms with Crippen LogP contribution in [0.4, 0.5) is 5.13 Å². The number of anilines is 1. The van der Waals surface area contributed by atoms with E-state index >= 15 is 0 Å². The zero-order valence-corrected chi connectivity index (χ0v) is 13.5. The van der Waals surface area contributed by atoms with Crippen LogP contribution in [0.25, 0.3) is 0 Å². The van der Waals surface area contributed by atoms with Gasteiger partial charge in [-0.3, -0.25) is 0 Å². The zero-order valence-electron chi connectivity index (χ0n) is 11.9. The van der Waals surface area contributed by atoms with Crippen LogP contribution in [0, 0.1) is 0 Å². The molecule has 1 aromatic rings. The predicted octanol–water partition coefficient (Wildman–Crippen LogP) is 0.634. The molecule has 20 heavy (non-hydrogen) atoms. The molecule has 0 radical (unpaired) electrons. The van der Waals surface area contributed by atoms with Crippen LogP contribution in [0.3, 0.4) is 0 Å². The van der Waals surface area contributed by atoms with Gasteiger partial charge in [0, 0.05) is 31.6 Å². The molecule has 0 bridgehead atoms. The summed E-state index contributed by atoms with van der Waals surface area (Å²) in [4.78, 5) is 7.83. The minimum atomic E-state index is -2.85. The first kappa shape index (κ1) is 15.7. The topological polar surface area (TPSA) is 71.5 Å². The van der Waals surface area contributed by atoms with E-state index in [0.717, 1.165) is 28.8 Å². The molecule has 0 aromatic carbocycles. The van der Waals surface area contributed by atoms with E-state index in [1.54, 1.807) is 18.4 Å². The third-order valence-electron chi connectivity index (χ3n) is 3.20. The molecule has 2 rings (SSSR count). The first-order chi connectivity index (χ1) is 9.55. The van der Waals surface area contributed by atoms with Gasteiger partial charge in [-0.05, 0) is 6.54 Å². The van der Waals surface area contributed by atoms with Crippen molar-refractivity contribution < 1.29 is 13.2 Å². The molecule has 1 aromatic heterocycles. The zero-order chi connectivity index (χ0) is 14.6. The van der Waals surface area contributed by atoms with Crippen LogP contribution < -0.4 is 10.2 Å². The molecule has 0 unspecified atom stereocenters. The van der Waals surface area contributed by atoms with Crippen molar-refractivity contribution in [1.29, 1.82) is 0 Å². The molecule has 1 aliphatic heterocycles. The molecule has 8 heteroatoms. The highest BCUT2D eigenvalue weighted by molar-refractivity contribution is 7.91. The average molecular weight is 319 g/mol. The van der Waals surface area contributed by atoms with Gasteiger partial charge >= 0.3 is 0 Å². The number of rotatable bonds is 6. The van der Waals surface area contributed by atoms with Crippen molar-refractivity contribution in [2.75, 3.05) is 43.1 Å². The molecule has 0 saturated carbocycles. The van der Waals surface area contributed by atoms with Gasteiger partial charge in [0.25, 0.3) is 0 Å². The summed E-state index contributed by atoms with van der Waals surface area (Å²) in [6, 6.07) is 0. The standard InChI is InChI=1S/C12H21N3O3S2/c1-3-13-8-11-10(9-18-2)14-12(19-11)15-4-6-20(16,17)7-5-15/h13H,3-9H2,1-2H3. The Morgan fingerprint density at radius 2 is 2.10 bits per heavy atom. The van der Waals surface area contributed by atoms with Gasteiger partial charge in [-0.2, -0.15) is 0 Å². The summed E-state index contributed by atoms with van der Waals surface area (Å²) in [6.07, 6.45) is 0. The number of thiazole rings is 1. The fraction of sp³-hybridized carbons (Fsp3) is 0.750. The summed E-state index contributed by atoms with van der Waals surface area (Å²) < 4.78 is 28.1. The van der Waals surface area contributed by atoms with Crippen molar-refractivity contribution in [2.45, 2.75) is 20.1 Å². The third-order valence-corrected chi connectivity index (χ3v) is 5.97. The number of nitrogens with one attached hydrogen (secondary N) is 1. The molecule has 1 aliphatic rings. The van der Waals surface area contributed by atoms with Crippen LogP contribution in [-0.4, -0.2) is 51.7 Å². The Morgan fingerprint density at radius 3 is 2.70 bits per heavy atom. The van der Waals surface area contributed by atoms with Crippen LogP contribution in [-0.2, 0) is 27.7 Å². The second-order valence-electron chi connectivity index (χ2n) is 4.72. The first-order valence-electron chi connectivity index (χ1n) is 6.69. The van der Waals surface area contributed by atoms with E-state index in [1.165, 1.54) is 0 Å². The number of nitrogens with zero attached hydrogens (tertiary/aromatic N) is 2. The molecule has 1 N–H and O–H groups in total. The van der Waals surface area contributed by atoms with Crippen molar-refractivity contribution in [2.24, 2.45) is 0 Å². The summed E-state index contributed by atoms with van der Waals surface area (Å²) in [6.45, 7) is 5.29. The minimum absolute atomic E-state index is 0.217. The lowest BCUT2D eigenvalue weighted by Gasteiger charge is -2.25. The summed E-state index contributed by atoms with van der Waals surface area (Å²) >= 11 is 1.62. The van der Waals surface area contributed by atoms with E-state index in [2.05, 4.69) is 22.1 Å². The van der Waals surface area contributed by atoms with E-state index in [4.69, 9.17) is 4.74 Å². The summed E-state index contributed by atoms with van der Waals surface area (Å²) in [7, 11) is -1.20. The van der Waals surface area contributed by atoms with Gasteiger partial charge in [0.15, 0.2) is 15.0 Å². The van der Waals surface area contributed by atoms with Gasteiger partial charge in [0.05, 0.1) is 23.8 Å². The molecular formula is C12H21N3O3S2. The van der Waals surface area contributed by atoms with Crippen molar-refractivity contribution in [1.82, 2.24) is 10.3 Å². The monoisotopic (exact) mass is 319 g/mol. The maximum atomic E-state index is 11.5. The van der Waals surface area contributed by atoms with Crippen LogP contribution in [0.2, 0.25) is 0 Å². The second kappa shape index (κ2) is 6.84. The highest BCUT2D eigenvalue weighted by atomic mass is 32.2. The van der Waals surface area contributed by atoms with E-state index in [-0.39, 0.29) is 11.5 Å². The molecule has 2 heterocycles. The second-order valence-corrected chi connectivity index (χ2v) is 8.08. The Morgan fingerprint density at radius 1 is 1.40 bits per heavy atom. The quantitative estimate of drug-likeness (QED) is 0.829. The largest absolute Gasteiger partial charge is 0.378 e. The average Bonchev–Trinajstić information content (AvgIpc) is 2.80. The molecular weight excluding hydrogens is 298 g/mol. The van der Waals surface area contributed by atoms with Crippen molar-refractivity contribution >= 4 is 26.3 Å². The van der Waals surface area contributed by atoms with Crippen LogP contribution >= 0.6 is 11.3 Å². The lowest BCUT2D eigenvalue weighted by molar-refractivity contribution is 0.181. The molecule has 0 spiro atoms. The molecule has 0 aliphatic carbocycles. The number of methoxy groups -OCH3 is 1. The fourth-order valence-corrected chi connectivity index (χ4v) is 4.32. The van der Waals surface area contributed by atoms with Crippen LogP contribution in [0.1, 0.15) is 17.5 Å². The number of hydrogen-bond donors (Lipinski definition) is 1. The minimum Gasteiger partial charge on any atom is -0.378 e. The number of aromatic nitrogens is 1. The van der Waals surface area contributed by atoms with Gasteiger partial charge in [-0.1, -0.05) is 6.92 Å². The highest BCUT2D eigenvalue weighted by Gasteiger charge is 2.24. The molecule has 0 atom stereocenters. The SMILES string of the molecule is CCNCc1sc(N2CCS(=O)(=O)CC2)nc1COC. The van der Waals surface area contributed by atoms with E-state index in [9.17, 15) is 8.42 Å². The number of hydrogen-bond acceptors (Lipinski definition) is 7. The van der Waals surface area contributed by atoms with E-state index in [1.807, 2.05) is 0 Å². The molecule has 114 valence electrons. The summed E-state index contributed by atoms with van der Waals surface area (Å²) in [5.74, 6) is 0.434. The smallest absolute Gasteiger partial charge is 0.185 e. The van der Waals surface area contributed by atoms with Gasteiger partial charge in [-0.25, -0.2) is 13.4 Å². The van der Waals surface area contributed by atoms with Gasteiger partial charge < -0.3 is 15.0 Å². The van der Waals surface area contributed by atoms with Gasteiger partial charge in [0.1, 0.15) is 0 Å². The molecule has 1 saturated heterocycles. The molecule has 0 amide bonds. The van der Waals surface area contributed by atoms with Crippen LogP contribution in [0.15, 0.2) is 0 Å². The maximum Gasteiger partial charge on any atom is 0.185 e. The normalized spacial score (nSPS) is 18.4. The summed E-state index contributed by atoms with van der Waals surface area (Å²) in [5, 5.41) is 4.20. The Hall–Kier alpha value is -0.700. The maximum absolute atomic E-state index is 11.5.